The fourth-order valence-electron chi connectivity index (χ4n) is 2.01. The normalized spacial score (nSPS) is 11.4. The van der Waals surface area contributed by atoms with Crippen LogP contribution in [0.5, 0.6) is 11.5 Å². The summed E-state index contributed by atoms with van der Waals surface area (Å²) in [6.45, 7) is 8.33. The monoisotopic (exact) mass is 286 g/mol. The second-order valence-electron chi connectivity index (χ2n) is 5.67. The van der Waals surface area contributed by atoms with Crippen LogP contribution in [-0.2, 0) is 4.79 Å². The molecule has 0 spiro atoms. The summed E-state index contributed by atoms with van der Waals surface area (Å²) in [6, 6.07) is 11.5. The van der Waals surface area contributed by atoms with Crippen molar-refractivity contribution in [3.8, 4) is 11.5 Å². The highest BCUT2D eigenvalue weighted by molar-refractivity contribution is 5.95. The summed E-state index contributed by atoms with van der Waals surface area (Å²) in [5, 5.41) is 1.85. The maximum atomic E-state index is 12.3. The van der Waals surface area contributed by atoms with E-state index in [1.54, 1.807) is 0 Å². The molecule has 0 aliphatic rings. The molecule has 0 fully saturated rings. The molecule has 2 aromatic rings. The first kappa shape index (κ1) is 15.4. The second kappa shape index (κ2) is 6.17. The minimum Gasteiger partial charge on any atom is -0.493 e. The molecular formula is C18H22O3. The number of carbonyl (C=O) groups excluding carboxylic acids is 1. The third-order valence-electron chi connectivity index (χ3n) is 3.78. The number of carbonyl (C=O) groups is 1. The molecule has 0 bridgehead atoms. The lowest BCUT2D eigenvalue weighted by atomic mass is 9.90. The number of fused-ring (bicyclic) bond motifs is 1. The van der Waals surface area contributed by atoms with Crippen molar-refractivity contribution in [2.24, 2.45) is 5.41 Å². The van der Waals surface area contributed by atoms with Gasteiger partial charge in [0.2, 0.25) is 0 Å². The van der Waals surface area contributed by atoms with E-state index in [0.717, 1.165) is 22.9 Å². The average Bonchev–Trinajstić information content (AvgIpc) is 2.48. The van der Waals surface area contributed by atoms with Gasteiger partial charge in [-0.2, -0.15) is 0 Å². The van der Waals surface area contributed by atoms with Gasteiger partial charge in [-0.05, 0) is 39.3 Å². The molecule has 0 aliphatic heterocycles. The summed E-state index contributed by atoms with van der Waals surface area (Å²) in [7, 11) is 0. The van der Waals surface area contributed by atoms with Gasteiger partial charge in [0.05, 0.1) is 12.0 Å². The van der Waals surface area contributed by atoms with Crippen molar-refractivity contribution in [2.75, 3.05) is 6.61 Å². The SMILES string of the molecule is CCOc1cccc2c(OC(=O)C(C)(C)CC)cccc12. The highest BCUT2D eigenvalue weighted by Crippen LogP contribution is 2.33. The molecule has 21 heavy (non-hydrogen) atoms. The fourth-order valence-corrected chi connectivity index (χ4v) is 2.01. The van der Waals surface area contributed by atoms with Crippen molar-refractivity contribution in [2.45, 2.75) is 34.1 Å². The molecule has 0 heterocycles. The van der Waals surface area contributed by atoms with Gasteiger partial charge in [0.1, 0.15) is 11.5 Å². The van der Waals surface area contributed by atoms with Gasteiger partial charge in [0, 0.05) is 10.8 Å². The number of hydrogen-bond acceptors (Lipinski definition) is 3. The topological polar surface area (TPSA) is 35.5 Å². The molecule has 0 aliphatic carbocycles. The van der Waals surface area contributed by atoms with E-state index in [4.69, 9.17) is 9.47 Å². The maximum Gasteiger partial charge on any atom is 0.316 e. The lowest BCUT2D eigenvalue weighted by Crippen LogP contribution is -2.28. The predicted octanol–water partition coefficient (Wildman–Crippen LogP) is 4.58. The zero-order chi connectivity index (χ0) is 15.5. The van der Waals surface area contributed by atoms with Gasteiger partial charge < -0.3 is 9.47 Å². The minimum atomic E-state index is -0.486. The van der Waals surface area contributed by atoms with Gasteiger partial charge in [0.15, 0.2) is 0 Å². The van der Waals surface area contributed by atoms with Crippen LogP contribution in [0.4, 0.5) is 0 Å². The zero-order valence-electron chi connectivity index (χ0n) is 13.1. The summed E-state index contributed by atoms with van der Waals surface area (Å²) in [6.07, 6.45) is 0.737. The predicted molar refractivity (Wildman–Crippen MR) is 84.8 cm³/mol. The molecule has 112 valence electrons. The minimum absolute atomic E-state index is 0.209. The summed E-state index contributed by atoms with van der Waals surface area (Å²) in [4.78, 5) is 12.3. The highest BCUT2D eigenvalue weighted by atomic mass is 16.5. The van der Waals surface area contributed by atoms with Crippen LogP contribution in [0.2, 0.25) is 0 Å². The van der Waals surface area contributed by atoms with Crippen molar-refractivity contribution in [3.05, 3.63) is 36.4 Å². The summed E-state index contributed by atoms with van der Waals surface area (Å²) in [5.41, 5.74) is -0.486. The van der Waals surface area contributed by atoms with Crippen LogP contribution in [0.15, 0.2) is 36.4 Å². The molecule has 3 heteroatoms. The van der Waals surface area contributed by atoms with Crippen molar-refractivity contribution in [3.63, 3.8) is 0 Å². The standard InChI is InChI=1S/C18H22O3/c1-5-18(3,4)17(19)21-16-12-8-9-13-14(16)10-7-11-15(13)20-6-2/h7-12H,5-6H2,1-4H3. The Hall–Kier alpha value is -2.03. The molecule has 0 radical (unpaired) electrons. The van der Waals surface area contributed by atoms with Crippen LogP contribution in [0.1, 0.15) is 34.1 Å². The van der Waals surface area contributed by atoms with Gasteiger partial charge in [-0.15, -0.1) is 0 Å². The largest absolute Gasteiger partial charge is 0.493 e. The first-order valence-corrected chi connectivity index (χ1v) is 7.36. The Bertz CT molecular complexity index is 644. The molecule has 0 aromatic heterocycles. The molecule has 3 nitrogen and oxygen atoms in total. The van der Waals surface area contributed by atoms with Gasteiger partial charge >= 0.3 is 5.97 Å². The molecule has 0 saturated carbocycles. The van der Waals surface area contributed by atoms with E-state index >= 15 is 0 Å². The van der Waals surface area contributed by atoms with E-state index in [9.17, 15) is 4.79 Å². The van der Waals surface area contributed by atoms with Crippen LogP contribution in [0, 0.1) is 5.41 Å². The van der Waals surface area contributed by atoms with Crippen molar-refractivity contribution in [1.82, 2.24) is 0 Å². The molecule has 2 rings (SSSR count). The van der Waals surface area contributed by atoms with Crippen molar-refractivity contribution in [1.29, 1.82) is 0 Å². The number of esters is 1. The Morgan fingerprint density at radius 3 is 2.14 bits per heavy atom. The van der Waals surface area contributed by atoms with Crippen LogP contribution >= 0.6 is 0 Å². The molecule has 0 amide bonds. The van der Waals surface area contributed by atoms with Crippen LogP contribution in [-0.4, -0.2) is 12.6 Å². The van der Waals surface area contributed by atoms with Crippen LogP contribution in [0.3, 0.4) is 0 Å². The Balaban J connectivity index is 2.42. The Morgan fingerprint density at radius 2 is 1.57 bits per heavy atom. The number of ether oxygens (including phenoxy) is 2. The number of benzene rings is 2. The molecule has 0 unspecified atom stereocenters. The smallest absolute Gasteiger partial charge is 0.316 e. The lowest BCUT2D eigenvalue weighted by molar-refractivity contribution is -0.144. The molecule has 0 N–H and O–H groups in total. The second-order valence-corrected chi connectivity index (χ2v) is 5.67. The average molecular weight is 286 g/mol. The van der Waals surface area contributed by atoms with E-state index in [0.29, 0.717) is 12.4 Å². The summed E-state index contributed by atoms with van der Waals surface area (Å²) >= 11 is 0. The summed E-state index contributed by atoms with van der Waals surface area (Å²) < 4.78 is 11.2. The van der Waals surface area contributed by atoms with Gasteiger partial charge in [-0.25, -0.2) is 0 Å². The zero-order valence-corrected chi connectivity index (χ0v) is 13.1. The maximum absolute atomic E-state index is 12.3. The summed E-state index contributed by atoms with van der Waals surface area (Å²) in [5.74, 6) is 1.18. The van der Waals surface area contributed by atoms with Crippen LogP contribution < -0.4 is 9.47 Å². The number of rotatable bonds is 5. The first-order chi connectivity index (χ1) is 9.99. The van der Waals surface area contributed by atoms with E-state index in [1.165, 1.54) is 0 Å². The number of hydrogen-bond donors (Lipinski definition) is 0. The Kier molecular flexibility index (Phi) is 4.51. The third kappa shape index (κ3) is 3.18. The fraction of sp³-hybridized carbons (Fsp3) is 0.389. The molecule has 0 atom stereocenters. The van der Waals surface area contributed by atoms with Gasteiger partial charge in [0.25, 0.3) is 0 Å². The van der Waals surface area contributed by atoms with Crippen molar-refractivity contribution >= 4 is 16.7 Å². The molecular weight excluding hydrogens is 264 g/mol. The molecule has 2 aromatic carbocycles. The Morgan fingerprint density at radius 1 is 1.00 bits per heavy atom. The third-order valence-corrected chi connectivity index (χ3v) is 3.78. The van der Waals surface area contributed by atoms with E-state index in [-0.39, 0.29) is 5.97 Å². The van der Waals surface area contributed by atoms with E-state index < -0.39 is 5.41 Å². The Labute approximate surface area is 125 Å². The molecule has 0 saturated heterocycles. The first-order valence-electron chi connectivity index (χ1n) is 7.36. The van der Waals surface area contributed by atoms with E-state index in [1.807, 2.05) is 64.1 Å². The van der Waals surface area contributed by atoms with Gasteiger partial charge in [-0.1, -0.05) is 31.2 Å². The lowest BCUT2D eigenvalue weighted by Gasteiger charge is -2.20. The quantitative estimate of drug-likeness (QED) is 0.596. The highest BCUT2D eigenvalue weighted by Gasteiger charge is 2.28. The van der Waals surface area contributed by atoms with Crippen molar-refractivity contribution < 1.29 is 14.3 Å². The van der Waals surface area contributed by atoms with Crippen LogP contribution in [0.25, 0.3) is 10.8 Å². The van der Waals surface area contributed by atoms with Gasteiger partial charge in [-0.3, -0.25) is 4.79 Å². The van der Waals surface area contributed by atoms with E-state index in [2.05, 4.69) is 0 Å².